The van der Waals surface area contributed by atoms with Crippen LogP contribution in [0.25, 0.3) is 10.2 Å². The van der Waals surface area contributed by atoms with E-state index in [-0.39, 0.29) is 11.2 Å². The van der Waals surface area contributed by atoms with E-state index in [1.165, 1.54) is 20.8 Å². The number of aryl methyl sites for hydroxylation is 2. The Morgan fingerprint density at radius 1 is 1.30 bits per heavy atom. The van der Waals surface area contributed by atoms with Crippen LogP contribution in [0, 0.1) is 0 Å². The van der Waals surface area contributed by atoms with E-state index < -0.39 is 0 Å². The zero-order valence-electron chi connectivity index (χ0n) is 11.0. The fraction of sp³-hybridized carbons (Fsp3) is 0.286. The summed E-state index contributed by atoms with van der Waals surface area (Å²) >= 11 is 3.12. The zero-order valence-corrected chi connectivity index (χ0v) is 12.6. The predicted molar refractivity (Wildman–Crippen MR) is 84.1 cm³/mol. The maximum atomic E-state index is 12.4. The molecule has 20 heavy (non-hydrogen) atoms. The average molecular weight is 306 g/mol. The lowest BCUT2D eigenvalue weighted by Gasteiger charge is -2.03. The van der Waals surface area contributed by atoms with Gasteiger partial charge in [0.2, 0.25) is 0 Å². The van der Waals surface area contributed by atoms with Gasteiger partial charge < -0.3 is 0 Å². The van der Waals surface area contributed by atoms with Crippen LogP contribution < -0.4 is 11.2 Å². The van der Waals surface area contributed by atoms with Gasteiger partial charge in [0.25, 0.3) is 5.56 Å². The van der Waals surface area contributed by atoms with Gasteiger partial charge in [-0.3, -0.25) is 14.3 Å². The van der Waals surface area contributed by atoms with Crippen LogP contribution in [-0.4, -0.2) is 9.55 Å². The summed E-state index contributed by atoms with van der Waals surface area (Å²) in [5.41, 5.74) is -0.500. The molecule has 3 aromatic heterocycles. The number of hydrogen-bond acceptors (Lipinski definition) is 4. The molecule has 0 aliphatic carbocycles. The van der Waals surface area contributed by atoms with Crippen molar-refractivity contribution in [3.63, 3.8) is 0 Å². The lowest BCUT2D eigenvalue weighted by Crippen LogP contribution is -2.35. The topological polar surface area (TPSA) is 54.9 Å². The molecule has 104 valence electrons. The predicted octanol–water partition coefficient (Wildman–Crippen LogP) is 2.62. The second-order valence-corrected chi connectivity index (χ2v) is 6.69. The number of nitrogens with one attached hydrogen (secondary N) is 1. The molecule has 0 radical (unpaired) electrons. The van der Waals surface area contributed by atoms with Gasteiger partial charge in [0.05, 0.1) is 5.39 Å². The Balaban J connectivity index is 2.02. The van der Waals surface area contributed by atoms with E-state index in [0.29, 0.717) is 23.2 Å². The molecule has 0 atom stereocenters. The Morgan fingerprint density at radius 3 is 2.85 bits per heavy atom. The van der Waals surface area contributed by atoms with Gasteiger partial charge in [-0.1, -0.05) is 13.0 Å². The largest absolute Gasteiger partial charge is 0.329 e. The first kappa shape index (κ1) is 13.3. The number of thiophene rings is 2. The molecule has 0 fully saturated rings. The number of aromatic amines is 1. The molecule has 0 spiro atoms. The highest BCUT2D eigenvalue weighted by Crippen LogP contribution is 2.20. The lowest BCUT2D eigenvalue weighted by molar-refractivity contribution is 0.641. The molecule has 0 bridgehead atoms. The maximum absolute atomic E-state index is 12.4. The minimum absolute atomic E-state index is 0.184. The van der Waals surface area contributed by atoms with Gasteiger partial charge in [0.15, 0.2) is 0 Å². The molecule has 0 unspecified atom stereocenters. The van der Waals surface area contributed by atoms with Gasteiger partial charge >= 0.3 is 5.69 Å². The molecule has 4 nitrogen and oxygen atoms in total. The number of fused-ring (bicyclic) bond motifs is 1. The van der Waals surface area contributed by atoms with Crippen LogP contribution in [0.5, 0.6) is 0 Å². The first-order valence-electron chi connectivity index (χ1n) is 6.47. The highest BCUT2D eigenvalue weighted by molar-refractivity contribution is 7.18. The summed E-state index contributed by atoms with van der Waals surface area (Å²) in [5, 5.41) is 2.62. The van der Waals surface area contributed by atoms with Crippen molar-refractivity contribution in [1.82, 2.24) is 9.55 Å². The van der Waals surface area contributed by atoms with E-state index in [9.17, 15) is 9.59 Å². The average Bonchev–Trinajstić information content (AvgIpc) is 3.07. The third kappa shape index (κ3) is 2.36. The maximum Gasteiger partial charge on any atom is 0.329 e. The van der Waals surface area contributed by atoms with Crippen LogP contribution in [-0.2, 0) is 19.4 Å². The van der Waals surface area contributed by atoms with Gasteiger partial charge in [-0.05, 0) is 30.4 Å². The van der Waals surface area contributed by atoms with E-state index in [4.69, 9.17) is 0 Å². The lowest BCUT2D eigenvalue weighted by atomic mass is 10.3. The first-order valence-corrected chi connectivity index (χ1v) is 8.16. The third-order valence-corrected chi connectivity index (χ3v) is 5.37. The van der Waals surface area contributed by atoms with Crippen molar-refractivity contribution >= 4 is 32.9 Å². The molecule has 0 amide bonds. The number of H-pyrrole nitrogens is 1. The number of aromatic nitrogens is 2. The Kier molecular flexibility index (Phi) is 3.58. The van der Waals surface area contributed by atoms with Crippen LogP contribution >= 0.6 is 22.7 Å². The Hall–Kier alpha value is -1.66. The highest BCUT2D eigenvalue weighted by atomic mass is 32.1. The van der Waals surface area contributed by atoms with Gasteiger partial charge in [-0.25, -0.2) is 4.79 Å². The molecule has 0 saturated carbocycles. The summed E-state index contributed by atoms with van der Waals surface area (Å²) in [6.07, 6.45) is 1.58. The van der Waals surface area contributed by atoms with Crippen molar-refractivity contribution in [3.05, 3.63) is 54.2 Å². The van der Waals surface area contributed by atoms with E-state index >= 15 is 0 Å². The normalized spacial score (nSPS) is 11.2. The van der Waals surface area contributed by atoms with Crippen molar-refractivity contribution in [3.8, 4) is 0 Å². The summed E-state index contributed by atoms with van der Waals surface area (Å²) in [6.45, 7) is 2.46. The Bertz CT molecular complexity index is 840. The highest BCUT2D eigenvalue weighted by Gasteiger charge is 2.10. The third-order valence-electron chi connectivity index (χ3n) is 3.23. The molecule has 0 aromatic carbocycles. The summed E-state index contributed by atoms with van der Waals surface area (Å²) in [6, 6.07) is 5.88. The Labute approximate surface area is 123 Å². The molecule has 3 rings (SSSR count). The zero-order chi connectivity index (χ0) is 14.1. The van der Waals surface area contributed by atoms with Crippen molar-refractivity contribution in [2.45, 2.75) is 26.3 Å². The summed E-state index contributed by atoms with van der Waals surface area (Å²) in [5.74, 6) is 0. The van der Waals surface area contributed by atoms with Crippen LogP contribution in [0.3, 0.4) is 0 Å². The first-order chi connectivity index (χ1) is 9.69. The number of rotatable bonds is 4. The van der Waals surface area contributed by atoms with E-state index in [1.54, 1.807) is 11.3 Å². The number of hydrogen-bond donors (Lipinski definition) is 1. The van der Waals surface area contributed by atoms with Crippen molar-refractivity contribution in [1.29, 1.82) is 0 Å². The fourth-order valence-corrected chi connectivity index (χ4v) is 3.83. The SMILES string of the molecule is CCc1cc2c(=O)n(CCc3cccs3)c(=O)[nH]c2s1. The minimum atomic E-state index is -0.316. The fourth-order valence-electron chi connectivity index (χ4n) is 2.15. The van der Waals surface area contributed by atoms with Crippen molar-refractivity contribution < 1.29 is 0 Å². The molecular weight excluding hydrogens is 292 g/mol. The quantitative estimate of drug-likeness (QED) is 0.805. The van der Waals surface area contributed by atoms with Gasteiger partial charge in [0, 0.05) is 16.3 Å². The second kappa shape index (κ2) is 5.38. The molecular formula is C14H14N2O2S2. The molecule has 0 aliphatic rings. The molecule has 1 N–H and O–H groups in total. The van der Waals surface area contributed by atoms with E-state index in [0.717, 1.165) is 11.3 Å². The van der Waals surface area contributed by atoms with Crippen molar-refractivity contribution in [2.24, 2.45) is 0 Å². The Morgan fingerprint density at radius 2 is 2.15 bits per heavy atom. The molecule has 3 heterocycles. The smallest absolute Gasteiger partial charge is 0.298 e. The summed E-state index contributed by atoms with van der Waals surface area (Å²) in [4.78, 5) is 30.2. The second-order valence-electron chi connectivity index (χ2n) is 4.53. The molecule has 6 heteroatoms. The van der Waals surface area contributed by atoms with Crippen LogP contribution in [0.1, 0.15) is 16.7 Å². The van der Waals surface area contributed by atoms with Crippen LogP contribution in [0.4, 0.5) is 0 Å². The van der Waals surface area contributed by atoms with E-state index in [2.05, 4.69) is 4.98 Å². The monoisotopic (exact) mass is 306 g/mol. The van der Waals surface area contributed by atoms with Gasteiger partial charge in [-0.2, -0.15) is 0 Å². The summed E-state index contributed by atoms with van der Waals surface area (Å²) in [7, 11) is 0. The van der Waals surface area contributed by atoms with Crippen LogP contribution in [0.15, 0.2) is 33.2 Å². The van der Waals surface area contributed by atoms with Crippen molar-refractivity contribution in [2.75, 3.05) is 0 Å². The van der Waals surface area contributed by atoms with Gasteiger partial charge in [-0.15, -0.1) is 22.7 Å². The van der Waals surface area contributed by atoms with E-state index in [1.807, 2.05) is 30.5 Å². The minimum Gasteiger partial charge on any atom is -0.298 e. The number of nitrogens with zero attached hydrogens (tertiary/aromatic N) is 1. The molecule has 3 aromatic rings. The standard InChI is InChI=1S/C14H14N2O2S2/c1-2-9-8-11-12(20-9)15-14(18)16(13(11)17)6-5-10-4-3-7-19-10/h3-4,7-8H,2,5-6H2,1H3,(H,15,18). The van der Waals surface area contributed by atoms with Gasteiger partial charge in [0.1, 0.15) is 4.83 Å². The van der Waals surface area contributed by atoms with Crippen LogP contribution in [0.2, 0.25) is 0 Å². The molecule has 0 saturated heterocycles. The summed E-state index contributed by atoms with van der Waals surface area (Å²) < 4.78 is 1.30. The molecule has 0 aliphatic heterocycles.